The summed E-state index contributed by atoms with van der Waals surface area (Å²) in [6, 6.07) is 8.04. The largest absolute Gasteiger partial charge is 0.381 e. The zero-order valence-corrected chi connectivity index (χ0v) is 12.1. The zero-order valence-electron chi connectivity index (χ0n) is 10.5. The summed E-state index contributed by atoms with van der Waals surface area (Å²) < 4.78 is 6.24. The first kappa shape index (κ1) is 13.4. The van der Waals surface area contributed by atoms with Gasteiger partial charge in [0.15, 0.2) is 0 Å². The number of hydrogen-bond acceptors (Lipinski definition) is 3. The van der Waals surface area contributed by atoms with Crippen LogP contribution in [-0.4, -0.2) is 26.8 Å². The summed E-state index contributed by atoms with van der Waals surface area (Å²) in [7, 11) is 2.10. The van der Waals surface area contributed by atoms with Crippen molar-refractivity contribution in [1.82, 2.24) is 0 Å². The molecule has 0 aromatic heterocycles. The van der Waals surface area contributed by atoms with E-state index < -0.39 is 0 Å². The topological polar surface area (TPSA) is 36.3 Å². The molecule has 1 aromatic carbocycles. The van der Waals surface area contributed by atoms with Gasteiger partial charge in [-0.05, 0) is 52.9 Å². The van der Waals surface area contributed by atoms with Crippen molar-refractivity contribution in [2.24, 2.45) is 5.92 Å². The molecule has 18 heavy (non-hydrogen) atoms. The maximum atomic E-state index is 8.90. The Morgan fingerprint density at radius 1 is 1.44 bits per heavy atom. The van der Waals surface area contributed by atoms with Gasteiger partial charge in [0.05, 0.1) is 5.56 Å². The van der Waals surface area contributed by atoms with Crippen molar-refractivity contribution >= 4 is 21.6 Å². The molecule has 96 valence electrons. The van der Waals surface area contributed by atoms with Crippen LogP contribution in [0.2, 0.25) is 0 Å². The molecule has 0 spiro atoms. The van der Waals surface area contributed by atoms with Crippen LogP contribution in [0.4, 0.5) is 5.69 Å². The molecule has 1 aliphatic heterocycles. The van der Waals surface area contributed by atoms with E-state index in [-0.39, 0.29) is 0 Å². The molecule has 1 saturated heterocycles. The van der Waals surface area contributed by atoms with Crippen molar-refractivity contribution < 1.29 is 4.74 Å². The van der Waals surface area contributed by atoms with Crippen LogP contribution in [0.5, 0.6) is 0 Å². The van der Waals surface area contributed by atoms with E-state index in [0.29, 0.717) is 11.5 Å². The summed E-state index contributed by atoms with van der Waals surface area (Å²) in [5.74, 6) is 0.707. The van der Waals surface area contributed by atoms with Gasteiger partial charge in [-0.15, -0.1) is 0 Å². The number of anilines is 1. The van der Waals surface area contributed by atoms with E-state index >= 15 is 0 Å². The highest BCUT2D eigenvalue weighted by atomic mass is 79.9. The summed E-state index contributed by atoms with van der Waals surface area (Å²) in [6.45, 7) is 2.81. The van der Waals surface area contributed by atoms with Crippen LogP contribution < -0.4 is 4.90 Å². The first-order valence-electron chi connectivity index (χ1n) is 6.19. The van der Waals surface area contributed by atoms with E-state index in [1.807, 2.05) is 18.2 Å². The molecule has 1 fully saturated rings. The lowest BCUT2D eigenvalue weighted by molar-refractivity contribution is 0.0685. The Morgan fingerprint density at radius 2 is 2.17 bits per heavy atom. The minimum absolute atomic E-state index is 0.679. The summed E-state index contributed by atoms with van der Waals surface area (Å²) >= 11 is 3.43. The summed E-state index contributed by atoms with van der Waals surface area (Å²) in [5, 5.41) is 8.90. The Labute approximate surface area is 116 Å². The summed E-state index contributed by atoms with van der Waals surface area (Å²) in [5.41, 5.74) is 1.82. The number of rotatable bonds is 3. The van der Waals surface area contributed by atoms with Crippen LogP contribution in [0.25, 0.3) is 0 Å². The number of nitriles is 1. The number of hydrogen-bond donors (Lipinski definition) is 0. The molecule has 0 radical (unpaired) electrons. The fourth-order valence-electron chi connectivity index (χ4n) is 2.25. The van der Waals surface area contributed by atoms with E-state index in [9.17, 15) is 0 Å². The van der Waals surface area contributed by atoms with Gasteiger partial charge in [0.2, 0.25) is 0 Å². The highest BCUT2D eigenvalue weighted by Gasteiger charge is 2.16. The fourth-order valence-corrected chi connectivity index (χ4v) is 2.71. The molecule has 1 aliphatic rings. The Hall–Kier alpha value is -1.05. The maximum absolute atomic E-state index is 8.90. The molecule has 2 rings (SSSR count). The molecule has 0 unspecified atom stereocenters. The van der Waals surface area contributed by atoms with Gasteiger partial charge < -0.3 is 9.64 Å². The Morgan fingerprint density at radius 3 is 2.78 bits per heavy atom. The van der Waals surface area contributed by atoms with Crippen LogP contribution in [0, 0.1) is 17.2 Å². The van der Waals surface area contributed by atoms with E-state index in [2.05, 4.69) is 33.9 Å². The Balaban J connectivity index is 2.02. The smallest absolute Gasteiger partial charge is 0.100 e. The minimum atomic E-state index is 0.679. The van der Waals surface area contributed by atoms with E-state index in [1.165, 1.54) is 0 Å². The molecular formula is C14H17BrN2O. The quantitative estimate of drug-likeness (QED) is 0.860. The molecule has 0 saturated carbocycles. The van der Waals surface area contributed by atoms with Crippen LogP contribution in [0.15, 0.2) is 22.7 Å². The molecular weight excluding hydrogens is 292 g/mol. The first-order valence-corrected chi connectivity index (χ1v) is 6.98. The van der Waals surface area contributed by atoms with Gasteiger partial charge in [-0.25, -0.2) is 0 Å². The van der Waals surface area contributed by atoms with E-state index in [4.69, 9.17) is 10.00 Å². The van der Waals surface area contributed by atoms with Crippen molar-refractivity contribution in [2.75, 3.05) is 31.7 Å². The molecule has 1 aromatic rings. The van der Waals surface area contributed by atoms with Gasteiger partial charge in [0.1, 0.15) is 6.07 Å². The van der Waals surface area contributed by atoms with Crippen LogP contribution >= 0.6 is 15.9 Å². The standard InChI is InChI=1S/C14H17BrN2O/c1-17(10-11-4-6-18-7-5-11)13-3-2-12(9-16)14(15)8-13/h2-3,8,11H,4-7,10H2,1H3. The average molecular weight is 309 g/mol. The molecule has 0 aliphatic carbocycles. The predicted octanol–water partition coefficient (Wildman–Crippen LogP) is 3.18. The summed E-state index contributed by atoms with van der Waals surface area (Å²) in [4.78, 5) is 2.25. The fraction of sp³-hybridized carbons (Fsp3) is 0.500. The lowest BCUT2D eigenvalue weighted by Crippen LogP contribution is -2.29. The summed E-state index contributed by atoms with van der Waals surface area (Å²) in [6.07, 6.45) is 2.28. The molecule has 1 heterocycles. The zero-order chi connectivity index (χ0) is 13.0. The third-order valence-electron chi connectivity index (χ3n) is 3.39. The van der Waals surface area contributed by atoms with Gasteiger partial charge in [-0.2, -0.15) is 5.26 Å². The average Bonchev–Trinajstić information content (AvgIpc) is 2.39. The van der Waals surface area contributed by atoms with Gasteiger partial charge in [0.25, 0.3) is 0 Å². The Kier molecular flexibility index (Phi) is 4.62. The highest BCUT2D eigenvalue weighted by Crippen LogP contribution is 2.25. The normalized spacial score (nSPS) is 16.3. The number of halogens is 1. The van der Waals surface area contributed by atoms with Gasteiger partial charge in [-0.1, -0.05) is 0 Å². The second kappa shape index (κ2) is 6.21. The first-order chi connectivity index (χ1) is 8.70. The number of nitrogens with zero attached hydrogens (tertiary/aromatic N) is 2. The van der Waals surface area contributed by atoms with Crippen LogP contribution in [0.1, 0.15) is 18.4 Å². The van der Waals surface area contributed by atoms with Crippen molar-refractivity contribution in [1.29, 1.82) is 5.26 Å². The third kappa shape index (κ3) is 3.24. The van der Waals surface area contributed by atoms with Gasteiger partial charge in [-0.3, -0.25) is 0 Å². The maximum Gasteiger partial charge on any atom is 0.100 e. The second-order valence-corrected chi connectivity index (χ2v) is 5.57. The van der Waals surface area contributed by atoms with Crippen molar-refractivity contribution in [3.05, 3.63) is 28.2 Å². The van der Waals surface area contributed by atoms with Crippen molar-refractivity contribution in [3.63, 3.8) is 0 Å². The van der Waals surface area contributed by atoms with Gasteiger partial charge in [0, 0.05) is 37.0 Å². The SMILES string of the molecule is CN(CC1CCOCC1)c1ccc(C#N)c(Br)c1. The molecule has 0 bridgehead atoms. The van der Waals surface area contributed by atoms with Crippen LogP contribution in [0.3, 0.4) is 0 Å². The highest BCUT2D eigenvalue weighted by molar-refractivity contribution is 9.10. The number of benzene rings is 1. The number of ether oxygens (including phenoxy) is 1. The molecule has 4 heteroatoms. The molecule has 0 atom stereocenters. The molecule has 0 N–H and O–H groups in total. The van der Waals surface area contributed by atoms with E-state index in [1.54, 1.807) is 0 Å². The van der Waals surface area contributed by atoms with E-state index in [0.717, 1.165) is 42.8 Å². The van der Waals surface area contributed by atoms with Gasteiger partial charge >= 0.3 is 0 Å². The van der Waals surface area contributed by atoms with Crippen LogP contribution in [-0.2, 0) is 4.74 Å². The predicted molar refractivity (Wildman–Crippen MR) is 75.7 cm³/mol. The third-order valence-corrected chi connectivity index (χ3v) is 4.04. The lowest BCUT2D eigenvalue weighted by atomic mass is 9.99. The second-order valence-electron chi connectivity index (χ2n) is 4.71. The van der Waals surface area contributed by atoms with Crippen molar-refractivity contribution in [3.8, 4) is 6.07 Å². The lowest BCUT2D eigenvalue weighted by Gasteiger charge is -2.28. The minimum Gasteiger partial charge on any atom is -0.381 e. The Bertz CT molecular complexity index is 450. The molecule has 3 nitrogen and oxygen atoms in total. The molecule has 0 amide bonds. The monoisotopic (exact) mass is 308 g/mol. The van der Waals surface area contributed by atoms with Crippen molar-refractivity contribution in [2.45, 2.75) is 12.8 Å².